The van der Waals surface area contributed by atoms with Crippen molar-refractivity contribution in [3.05, 3.63) is 108 Å². The molecule has 28 heavy (non-hydrogen) atoms. The van der Waals surface area contributed by atoms with Crippen molar-refractivity contribution >= 4 is 48.1 Å². The van der Waals surface area contributed by atoms with E-state index in [0.717, 1.165) is 9.52 Å². The van der Waals surface area contributed by atoms with Gasteiger partial charge in [-0.3, -0.25) is 0 Å². The van der Waals surface area contributed by atoms with Crippen molar-refractivity contribution in [1.29, 1.82) is 0 Å². The molecule has 2 radical (unpaired) electrons. The predicted molar refractivity (Wildman–Crippen MR) is 126 cm³/mol. The molecule has 0 saturated carbocycles. The van der Waals surface area contributed by atoms with Crippen molar-refractivity contribution in [3.8, 4) is 0 Å². The zero-order valence-electron chi connectivity index (χ0n) is 16.3. The fourth-order valence-corrected chi connectivity index (χ4v) is 2.86. The maximum absolute atomic E-state index is 4.93. The Labute approximate surface area is 190 Å². The van der Waals surface area contributed by atoms with Crippen molar-refractivity contribution in [2.24, 2.45) is 0 Å². The molecule has 142 valence electrons. The van der Waals surface area contributed by atoms with Crippen LogP contribution >= 0.6 is 17.0 Å². The van der Waals surface area contributed by atoms with E-state index in [9.17, 15) is 0 Å². The number of benzene rings is 2. The van der Waals surface area contributed by atoms with Gasteiger partial charge in [-0.2, -0.15) is 12.1 Å². The van der Waals surface area contributed by atoms with Crippen molar-refractivity contribution in [2.75, 3.05) is 0 Å². The standard InChI is InChI=1S/2C10H9.C4H6Si.2ClH.Zr/c2*1-8-6-9-4-2-3-5-10(9)7-8;1-3-5-4-2;;;/h2*2-7H,1H3;3-4H,1-2H2;2*1H;/q2*-1;;;;+4/p-2. The Morgan fingerprint density at radius 2 is 1.14 bits per heavy atom. The van der Waals surface area contributed by atoms with E-state index in [1.54, 1.807) is 0 Å². The summed E-state index contributed by atoms with van der Waals surface area (Å²) in [5.74, 6) is 0. The predicted octanol–water partition coefficient (Wildman–Crippen LogP) is 8.09. The second-order valence-corrected chi connectivity index (χ2v) is 10.9. The van der Waals surface area contributed by atoms with Gasteiger partial charge in [-0.15, -0.1) is 106 Å². The van der Waals surface area contributed by atoms with Crippen molar-refractivity contribution in [1.82, 2.24) is 0 Å². The summed E-state index contributed by atoms with van der Waals surface area (Å²) in [5.41, 5.74) is 6.38. The Bertz CT molecular complexity index is 825. The molecular formula is C24H24Cl2SiZr. The van der Waals surface area contributed by atoms with Crippen molar-refractivity contribution in [3.63, 3.8) is 0 Å². The van der Waals surface area contributed by atoms with Gasteiger partial charge in [-0.25, -0.2) is 0 Å². The van der Waals surface area contributed by atoms with E-state index >= 15 is 0 Å². The average molecular weight is 503 g/mol. The van der Waals surface area contributed by atoms with E-state index in [-0.39, 0.29) is 0 Å². The first-order valence-electron chi connectivity index (χ1n) is 8.74. The van der Waals surface area contributed by atoms with Crippen LogP contribution in [0.5, 0.6) is 0 Å². The van der Waals surface area contributed by atoms with E-state index in [1.165, 1.54) is 32.7 Å². The van der Waals surface area contributed by atoms with Gasteiger partial charge in [0.05, 0.1) is 9.52 Å². The molecule has 0 heterocycles. The first-order chi connectivity index (χ1) is 13.5. The van der Waals surface area contributed by atoms with Gasteiger partial charge in [0, 0.05) is 0 Å². The molecule has 0 atom stereocenters. The Morgan fingerprint density at radius 3 is 1.43 bits per heavy atom. The number of aryl methyl sites for hydroxylation is 2. The number of rotatable bonds is 2. The van der Waals surface area contributed by atoms with E-state index < -0.39 is 20.8 Å². The second-order valence-electron chi connectivity index (χ2n) is 5.97. The van der Waals surface area contributed by atoms with Gasteiger partial charge in [0.15, 0.2) is 0 Å². The van der Waals surface area contributed by atoms with Gasteiger partial charge in [0.1, 0.15) is 0 Å². The van der Waals surface area contributed by atoms with Crippen LogP contribution in [0.1, 0.15) is 11.1 Å². The van der Waals surface area contributed by atoms with Crippen LogP contribution in [-0.4, -0.2) is 9.52 Å². The van der Waals surface area contributed by atoms with Crippen LogP contribution in [0.15, 0.2) is 97.4 Å². The van der Waals surface area contributed by atoms with Gasteiger partial charge >= 0.3 is 37.9 Å². The van der Waals surface area contributed by atoms with Gasteiger partial charge in [0.25, 0.3) is 0 Å². The molecule has 0 unspecified atom stereocenters. The summed E-state index contributed by atoms with van der Waals surface area (Å²) >= 11 is -0.826. The molecule has 0 N–H and O–H groups in total. The second kappa shape index (κ2) is 14.8. The molecular weight excluding hydrogens is 478 g/mol. The average Bonchev–Trinajstić information content (AvgIpc) is 3.24. The summed E-state index contributed by atoms with van der Waals surface area (Å²) in [6, 6.07) is 25.7. The summed E-state index contributed by atoms with van der Waals surface area (Å²) in [6.45, 7) is 11.2. The molecule has 4 rings (SSSR count). The van der Waals surface area contributed by atoms with Crippen LogP contribution in [0.4, 0.5) is 0 Å². The third-order valence-corrected chi connectivity index (χ3v) is 4.23. The Hall–Kier alpha value is -1.18. The molecule has 4 aromatic rings. The maximum atomic E-state index is 4.93. The Morgan fingerprint density at radius 1 is 0.786 bits per heavy atom. The van der Waals surface area contributed by atoms with Crippen molar-refractivity contribution in [2.45, 2.75) is 13.8 Å². The summed E-state index contributed by atoms with van der Waals surface area (Å²) in [6.07, 6.45) is 0. The third-order valence-electron chi connectivity index (χ3n) is 3.76. The van der Waals surface area contributed by atoms with Crippen LogP contribution < -0.4 is 0 Å². The van der Waals surface area contributed by atoms with Gasteiger partial charge in [-0.1, -0.05) is 26.0 Å². The molecule has 0 amide bonds. The molecule has 0 aliphatic rings. The number of fused-ring (bicyclic) bond motifs is 2. The molecule has 0 saturated heterocycles. The fourth-order valence-electron chi connectivity index (χ4n) is 2.70. The zero-order valence-corrected chi connectivity index (χ0v) is 21.2. The summed E-state index contributed by atoms with van der Waals surface area (Å²) in [5, 5.41) is 5.39. The molecule has 4 heteroatoms. The summed E-state index contributed by atoms with van der Waals surface area (Å²) < 4.78 is 0. The molecule has 0 spiro atoms. The molecule has 0 aliphatic carbocycles. The normalized spacial score (nSPS) is 9.00. The first-order valence-corrected chi connectivity index (χ1v) is 16.2. The molecule has 4 aromatic carbocycles. The van der Waals surface area contributed by atoms with Crippen LogP contribution in [0.25, 0.3) is 21.5 Å². The van der Waals surface area contributed by atoms with Crippen LogP contribution in [0.2, 0.25) is 0 Å². The van der Waals surface area contributed by atoms with Crippen molar-refractivity contribution < 1.29 is 20.8 Å². The van der Waals surface area contributed by atoms with E-state index in [2.05, 4.69) is 99.8 Å². The molecule has 0 bridgehead atoms. The number of halogens is 2. The Balaban J connectivity index is 0.000000207. The fraction of sp³-hybridized carbons (Fsp3) is 0.0833. The van der Waals surface area contributed by atoms with Gasteiger partial charge in [0.2, 0.25) is 0 Å². The first kappa shape index (κ1) is 24.9. The minimum atomic E-state index is -0.826. The quantitative estimate of drug-likeness (QED) is 0.192. The van der Waals surface area contributed by atoms with E-state index in [1.807, 2.05) is 11.4 Å². The zero-order chi connectivity index (χ0) is 20.8. The van der Waals surface area contributed by atoms with E-state index in [4.69, 9.17) is 17.0 Å². The van der Waals surface area contributed by atoms with E-state index in [0.29, 0.717) is 0 Å². The number of hydrogen-bond donors (Lipinski definition) is 0. The van der Waals surface area contributed by atoms with Gasteiger partial charge in [-0.05, 0) is 0 Å². The molecule has 0 aromatic heterocycles. The molecule has 0 fully saturated rings. The Kier molecular flexibility index (Phi) is 13.1. The molecule has 0 aliphatic heterocycles. The number of hydrogen-bond acceptors (Lipinski definition) is 0. The van der Waals surface area contributed by atoms with Crippen LogP contribution in [0.3, 0.4) is 0 Å². The topological polar surface area (TPSA) is 0 Å². The summed E-state index contributed by atoms with van der Waals surface area (Å²) in [4.78, 5) is 0. The molecule has 0 nitrogen and oxygen atoms in total. The minimum absolute atomic E-state index is 0.725. The van der Waals surface area contributed by atoms with Crippen LogP contribution in [0, 0.1) is 13.8 Å². The van der Waals surface area contributed by atoms with Gasteiger partial charge < -0.3 is 0 Å². The van der Waals surface area contributed by atoms with Crippen LogP contribution in [-0.2, 0) is 20.8 Å². The summed E-state index contributed by atoms with van der Waals surface area (Å²) in [7, 11) is 10.6. The SMILES string of the molecule is C=C[Si]C=C.Cc1cc2ccccc2[cH-]1.Cc1cc2ccccc2[cH-]1.[Cl][Zr+2][Cl]. The third kappa shape index (κ3) is 9.34. The monoisotopic (exact) mass is 500 g/mol.